The summed E-state index contributed by atoms with van der Waals surface area (Å²) in [5.74, 6) is 0.362. The first-order valence-corrected chi connectivity index (χ1v) is 9.16. The summed E-state index contributed by atoms with van der Waals surface area (Å²) < 4.78 is 27.5. The van der Waals surface area contributed by atoms with Crippen molar-refractivity contribution < 1.29 is 8.42 Å². The maximum atomic E-state index is 12.7. The van der Waals surface area contributed by atoms with Gasteiger partial charge in [-0.1, -0.05) is 17.7 Å². The molecule has 1 saturated heterocycles. The molecular weight excluding hydrogens is 364 g/mol. The fourth-order valence-electron chi connectivity index (χ4n) is 2.52. The Morgan fingerprint density at radius 2 is 2.25 bits per heavy atom. The molecule has 1 aromatic carbocycles. The highest BCUT2D eigenvalue weighted by molar-refractivity contribution is 9.10. The summed E-state index contributed by atoms with van der Waals surface area (Å²) in [4.78, 5) is 0.245. The number of sulfonamides is 1. The fourth-order valence-corrected chi connectivity index (χ4v) is 5.27. The van der Waals surface area contributed by atoms with Crippen molar-refractivity contribution in [3.05, 3.63) is 27.7 Å². The van der Waals surface area contributed by atoms with Gasteiger partial charge in [-0.05, 0) is 60.4 Å². The number of benzene rings is 1. The van der Waals surface area contributed by atoms with Crippen LogP contribution in [0.1, 0.15) is 12.8 Å². The maximum absolute atomic E-state index is 12.7. The zero-order valence-corrected chi connectivity index (χ0v) is 14.4. The molecule has 112 valence electrons. The van der Waals surface area contributed by atoms with E-state index in [0.29, 0.717) is 28.5 Å². The van der Waals surface area contributed by atoms with Crippen LogP contribution >= 0.6 is 27.5 Å². The molecule has 1 unspecified atom stereocenters. The SMILES string of the molecule is CNCC1CCCN(S(=O)(=O)c2cccc(Cl)c2Br)C1. The van der Waals surface area contributed by atoms with Crippen LogP contribution in [0.3, 0.4) is 0 Å². The van der Waals surface area contributed by atoms with Crippen molar-refractivity contribution in [3.8, 4) is 0 Å². The van der Waals surface area contributed by atoms with Crippen molar-refractivity contribution in [1.29, 1.82) is 0 Å². The van der Waals surface area contributed by atoms with Gasteiger partial charge in [0, 0.05) is 13.1 Å². The Morgan fingerprint density at radius 1 is 1.50 bits per heavy atom. The molecule has 0 amide bonds. The minimum absolute atomic E-state index is 0.245. The van der Waals surface area contributed by atoms with Gasteiger partial charge in [0.05, 0.1) is 14.4 Å². The van der Waals surface area contributed by atoms with Crippen LogP contribution in [0.15, 0.2) is 27.6 Å². The lowest BCUT2D eigenvalue weighted by atomic mass is 10.00. The molecule has 1 aromatic rings. The highest BCUT2D eigenvalue weighted by Gasteiger charge is 2.31. The lowest BCUT2D eigenvalue weighted by molar-refractivity contribution is 0.263. The number of hydrogen-bond acceptors (Lipinski definition) is 3. The van der Waals surface area contributed by atoms with Crippen LogP contribution in [0.5, 0.6) is 0 Å². The monoisotopic (exact) mass is 380 g/mol. The Balaban J connectivity index is 2.28. The number of piperidine rings is 1. The second kappa shape index (κ2) is 6.75. The number of rotatable bonds is 4. The van der Waals surface area contributed by atoms with Gasteiger partial charge in [0.1, 0.15) is 0 Å². The van der Waals surface area contributed by atoms with Gasteiger partial charge in [0.2, 0.25) is 10.0 Å². The maximum Gasteiger partial charge on any atom is 0.244 e. The van der Waals surface area contributed by atoms with Gasteiger partial charge in [0.25, 0.3) is 0 Å². The summed E-state index contributed by atoms with van der Waals surface area (Å²) in [6.07, 6.45) is 1.95. The smallest absolute Gasteiger partial charge is 0.244 e. The predicted octanol–water partition coefficient (Wildman–Crippen LogP) is 2.72. The Bertz CT molecular complexity index is 578. The minimum atomic E-state index is -3.49. The summed E-state index contributed by atoms with van der Waals surface area (Å²) in [5.41, 5.74) is 0. The molecule has 0 bridgehead atoms. The van der Waals surface area contributed by atoms with Gasteiger partial charge in [-0.3, -0.25) is 0 Å². The Hall–Kier alpha value is -0.140. The lowest BCUT2D eigenvalue weighted by Gasteiger charge is -2.32. The lowest BCUT2D eigenvalue weighted by Crippen LogP contribution is -2.42. The van der Waals surface area contributed by atoms with Gasteiger partial charge in [-0.15, -0.1) is 0 Å². The fraction of sp³-hybridized carbons (Fsp3) is 0.538. The van der Waals surface area contributed by atoms with Crippen LogP contribution < -0.4 is 5.32 Å². The van der Waals surface area contributed by atoms with Gasteiger partial charge < -0.3 is 5.32 Å². The van der Waals surface area contributed by atoms with Crippen molar-refractivity contribution in [2.45, 2.75) is 17.7 Å². The molecule has 0 saturated carbocycles. The normalized spacial score (nSPS) is 21.1. The van der Waals surface area contributed by atoms with E-state index in [1.54, 1.807) is 22.5 Å². The van der Waals surface area contributed by atoms with E-state index in [1.165, 1.54) is 0 Å². The zero-order valence-electron chi connectivity index (χ0n) is 11.3. The van der Waals surface area contributed by atoms with Gasteiger partial charge in [-0.2, -0.15) is 4.31 Å². The minimum Gasteiger partial charge on any atom is -0.319 e. The molecule has 0 spiro atoms. The third kappa shape index (κ3) is 3.36. The highest BCUT2D eigenvalue weighted by atomic mass is 79.9. The first-order chi connectivity index (χ1) is 9.46. The van der Waals surface area contributed by atoms with Crippen molar-refractivity contribution in [2.75, 3.05) is 26.7 Å². The molecular formula is C13H18BrClN2O2S. The second-order valence-corrected chi connectivity index (χ2v) is 8.09. The van der Waals surface area contributed by atoms with Crippen LogP contribution in [-0.2, 0) is 10.0 Å². The van der Waals surface area contributed by atoms with Crippen molar-refractivity contribution in [3.63, 3.8) is 0 Å². The van der Waals surface area contributed by atoms with Crippen molar-refractivity contribution >= 4 is 37.6 Å². The molecule has 1 heterocycles. The van der Waals surface area contributed by atoms with Crippen LogP contribution in [0.25, 0.3) is 0 Å². The number of halogens is 2. The topological polar surface area (TPSA) is 49.4 Å². The molecule has 2 rings (SSSR count). The van der Waals surface area contributed by atoms with Crippen molar-refractivity contribution in [1.82, 2.24) is 9.62 Å². The highest BCUT2D eigenvalue weighted by Crippen LogP contribution is 2.32. The summed E-state index contributed by atoms with van der Waals surface area (Å²) in [6.45, 7) is 1.96. The molecule has 1 atom stereocenters. The molecule has 1 aliphatic heterocycles. The van der Waals surface area contributed by atoms with E-state index in [2.05, 4.69) is 21.2 Å². The average molecular weight is 382 g/mol. The van der Waals surface area contributed by atoms with E-state index in [1.807, 2.05) is 7.05 Å². The second-order valence-electron chi connectivity index (χ2n) is 4.98. The van der Waals surface area contributed by atoms with E-state index in [0.717, 1.165) is 19.4 Å². The molecule has 0 aliphatic carbocycles. The summed E-state index contributed by atoms with van der Waals surface area (Å²) >= 11 is 9.28. The van der Waals surface area contributed by atoms with E-state index in [9.17, 15) is 8.42 Å². The van der Waals surface area contributed by atoms with Crippen molar-refractivity contribution in [2.24, 2.45) is 5.92 Å². The van der Waals surface area contributed by atoms with E-state index < -0.39 is 10.0 Å². The standard InChI is InChI=1S/C13H18BrClN2O2S/c1-16-8-10-4-3-7-17(9-10)20(18,19)12-6-2-5-11(15)13(12)14/h2,5-6,10,16H,3-4,7-9H2,1H3. The molecule has 20 heavy (non-hydrogen) atoms. The van der Waals surface area contributed by atoms with Crippen LogP contribution in [-0.4, -0.2) is 39.4 Å². The molecule has 1 fully saturated rings. The third-order valence-electron chi connectivity index (χ3n) is 3.51. The Kier molecular flexibility index (Phi) is 5.48. The van der Waals surface area contributed by atoms with E-state index in [4.69, 9.17) is 11.6 Å². The first-order valence-electron chi connectivity index (χ1n) is 6.55. The summed E-state index contributed by atoms with van der Waals surface area (Å²) in [6, 6.07) is 4.92. The van der Waals surface area contributed by atoms with Gasteiger partial charge in [-0.25, -0.2) is 8.42 Å². The number of nitrogens with one attached hydrogen (secondary N) is 1. The quantitative estimate of drug-likeness (QED) is 0.872. The first kappa shape index (κ1) is 16.2. The average Bonchev–Trinajstić information content (AvgIpc) is 2.42. The summed E-state index contributed by atoms with van der Waals surface area (Å²) in [7, 11) is -1.60. The number of nitrogens with zero attached hydrogens (tertiary/aromatic N) is 1. The van der Waals surface area contributed by atoms with Gasteiger partial charge in [0.15, 0.2) is 0 Å². The molecule has 0 aromatic heterocycles. The van der Waals surface area contributed by atoms with Crippen LogP contribution in [0.4, 0.5) is 0 Å². The Morgan fingerprint density at radius 3 is 2.95 bits per heavy atom. The molecule has 0 radical (unpaired) electrons. The largest absolute Gasteiger partial charge is 0.319 e. The molecule has 7 heteroatoms. The molecule has 1 N–H and O–H groups in total. The summed E-state index contributed by atoms with van der Waals surface area (Å²) in [5, 5.41) is 3.53. The van der Waals surface area contributed by atoms with Crippen LogP contribution in [0.2, 0.25) is 5.02 Å². The molecule has 1 aliphatic rings. The number of hydrogen-bond donors (Lipinski definition) is 1. The van der Waals surface area contributed by atoms with E-state index in [-0.39, 0.29) is 4.90 Å². The Labute approximate surface area is 133 Å². The zero-order chi connectivity index (χ0) is 14.8. The van der Waals surface area contributed by atoms with Crippen LogP contribution in [0, 0.1) is 5.92 Å². The third-order valence-corrected chi connectivity index (χ3v) is 7.08. The predicted molar refractivity (Wildman–Crippen MR) is 84.6 cm³/mol. The van der Waals surface area contributed by atoms with E-state index >= 15 is 0 Å². The van der Waals surface area contributed by atoms with Gasteiger partial charge >= 0.3 is 0 Å². The molecule has 4 nitrogen and oxygen atoms in total.